The summed E-state index contributed by atoms with van der Waals surface area (Å²) in [5.41, 5.74) is 5.46. The van der Waals surface area contributed by atoms with Crippen molar-refractivity contribution in [3.63, 3.8) is 0 Å². The molecular weight excluding hydrogens is 620 g/mol. The van der Waals surface area contributed by atoms with Crippen molar-refractivity contribution in [1.29, 1.82) is 0 Å². The van der Waals surface area contributed by atoms with Crippen LogP contribution in [0.5, 0.6) is 5.88 Å². The maximum absolute atomic E-state index is 13.1. The number of ether oxygens (including phenoxy) is 1. The molecule has 2 N–H and O–H groups in total. The van der Waals surface area contributed by atoms with Crippen molar-refractivity contribution >= 4 is 29.1 Å². The Kier molecular flexibility index (Phi) is 7.56. The van der Waals surface area contributed by atoms with E-state index < -0.39 is 17.2 Å². The number of rotatable bonds is 6. The second-order valence-corrected chi connectivity index (χ2v) is 13.2. The molecule has 0 saturated carbocycles. The number of likely N-dealkylation sites (tertiary alicyclic amines) is 1. The van der Waals surface area contributed by atoms with E-state index in [1.165, 1.54) is 30.4 Å². The van der Waals surface area contributed by atoms with E-state index in [9.17, 15) is 19.2 Å². The van der Waals surface area contributed by atoms with Crippen LogP contribution in [-0.2, 0) is 25.3 Å². The van der Waals surface area contributed by atoms with Gasteiger partial charge in [-0.1, -0.05) is 41.9 Å². The number of benzene rings is 2. The number of fused-ring (bicyclic) bond motifs is 1. The molecule has 2 amide bonds. The number of halogens is 1. The Bertz CT molecular complexity index is 2100. The van der Waals surface area contributed by atoms with Crippen LogP contribution in [0.15, 0.2) is 58.3 Å². The Morgan fingerprint density at radius 3 is 2.51 bits per heavy atom. The molecule has 0 bridgehead atoms. The summed E-state index contributed by atoms with van der Waals surface area (Å²) in [6.07, 6.45) is 4.59. The van der Waals surface area contributed by atoms with Crippen LogP contribution in [-0.4, -0.2) is 56.6 Å². The first kappa shape index (κ1) is 30.9. The summed E-state index contributed by atoms with van der Waals surface area (Å²) in [4.78, 5) is 57.2. The Morgan fingerprint density at radius 1 is 1.06 bits per heavy atom. The average Bonchev–Trinajstić information content (AvgIpc) is 3.65. The van der Waals surface area contributed by atoms with Crippen molar-refractivity contribution in [2.24, 2.45) is 14.1 Å². The van der Waals surface area contributed by atoms with Crippen molar-refractivity contribution in [2.75, 3.05) is 25.5 Å². The van der Waals surface area contributed by atoms with Crippen molar-refractivity contribution in [3.8, 4) is 28.3 Å². The summed E-state index contributed by atoms with van der Waals surface area (Å²) in [5, 5.41) is 6.24. The van der Waals surface area contributed by atoms with Crippen LogP contribution in [0.3, 0.4) is 0 Å². The van der Waals surface area contributed by atoms with E-state index in [1.54, 1.807) is 19.2 Å². The number of anilines is 1. The van der Waals surface area contributed by atoms with Gasteiger partial charge in [-0.2, -0.15) is 0 Å². The van der Waals surface area contributed by atoms with Crippen molar-refractivity contribution in [1.82, 2.24) is 24.3 Å². The monoisotopic (exact) mass is 654 g/mol. The van der Waals surface area contributed by atoms with Gasteiger partial charge in [0.1, 0.15) is 5.56 Å². The smallest absolute Gasteiger partial charge is 0.330 e. The molecule has 1 atom stereocenters. The van der Waals surface area contributed by atoms with E-state index in [-0.39, 0.29) is 23.1 Å². The lowest BCUT2D eigenvalue weighted by molar-refractivity contribution is -0.121. The second-order valence-electron chi connectivity index (χ2n) is 12.8. The van der Waals surface area contributed by atoms with Gasteiger partial charge in [0.15, 0.2) is 0 Å². The van der Waals surface area contributed by atoms with E-state index in [1.807, 2.05) is 31.2 Å². The first-order chi connectivity index (χ1) is 22.5. The maximum atomic E-state index is 13.1. The van der Waals surface area contributed by atoms with Gasteiger partial charge >= 0.3 is 5.69 Å². The predicted octanol–water partition coefficient (Wildman–Crippen LogP) is 3.99. The Morgan fingerprint density at radius 2 is 1.79 bits per heavy atom. The second kappa shape index (κ2) is 11.5. The van der Waals surface area contributed by atoms with Crippen LogP contribution in [0.1, 0.15) is 52.4 Å². The van der Waals surface area contributed by atoms with Gasteiger partial charge in [-0.25, -0.2) is 9.78 Å². The molecule has 242 valence electrons. The number of aromatic nitrogens is 3. The summed E-state index contributed by atoms with van der Waals surface area (Å²) < 4.78 is 7.96. The standard InChI is InChI=1S/C35H35ClN6O5/c1-19-21(23-9-6-10-25(30(23)36)37-31(44)24-16-40(2)34(46)41(3)33(24)45)7-5-8-22(19)26-15-20-11-12-27(29(20)32(38-26)47-4)42-17-35(18-42)14-13-28(43)39-35/h5-10,15-16,27H,11-14,17-18H2,1-4H3,(H,37,44)(H,39,43). The van der Waals surface area contributed by atoms with Gasteiger partial charge in [0, 0.05) is 62.5 Å². The first-order valence-electron chi connectivity index (χ1n) is 15.6. The van der Waals surface area contributed by atoms with E-state index in [4.69, 9.17) is 21.3 Å². The van der Waals surface area contributed by atoms with Crippen molar-refractivity contribution < 1.29 is 14.3 Å². The number of nitrogens with zero attached hydrogens (tertiary/aromatic N) is 4. The number of aryl methyl sites for hydroxylation is 2. The molecule has 1 unspecified atom stereocenters. The highest BCUT2D eigenvalue weighted by molar-refractivity contribution is 6.36. The molecule has 2 aromatic heterocycles. The summed E-state index contributed by atoms with van der Waals surface area (Å²) in [6, 6.07) is 13.6. The maximum Gasteiger partial charge on any atom is 0.330 e. The Hall–Kier alpha value is -4.74. The van der Waals surface area contributed by atoms with Crippen LogP contribution in [0.25, 0.3) is 22.4 Å². The van der Waals surface area contributed by atoms with Gasteiger partial charge in [0.05, 0.1) is 29.1 Å². The van der Waals surface area contributed by atoms with Gasteiger partial charge in [0.25, 0.3) is 11.5 Å². The molecule has 1 aliphatic carbocycles. The topological polar surface area (TPSA) is 128 Å². The summed E-state index contributed by atoms with van der Waals surface area (Å²) in [5.74, 6) is 0.0949. The van der Waals surface area contributed by atoms with Crippen molar-refractivity contribution in [2.45, 2.75) is 44.2 Å². The Labute approximate surface area is 276 Å². The highest BCUT2D eigenvalue weighted by Crippen LogP contribution is 2.47. The molecular formula is C35H35ClN6O5. The van der Waals surface area contributed by atoms with Gasteiger partial charge in [-0.05, 0) is 55.0 Å². The molecule has 0 radical (unpaired) electrons. The quantitative estimate of drug-likeness (QED) is 0.322. The number of methoxy groups -OCH3 is 1. The number of hydrogen-bond acceptors (Lipinski definition) is 7. The first-order valence-corrected chi connectivity index (χ1v) is 16.0. The fraction of sp³-hybridized carbons (Fsp3) is 0.343. The summed E-state index contributed by atoms with van der Waals surface area (Å²) >= 11 is 6.90. The molecule has 7 rings (SSSR count). The lowest BCUT2D eigenvalue weighted by Crippen LogP contribution is -2.67. The molecule has 1 spiro atoms. The molecule has 2 fully saturated rings. The lowest BCUT2D eigenvalue weighted by atomic mass is 9.86. The van der Waals surface area contributed by atoms with Gasteiger partial charge in [-0.15, -0.1) is 0 Å². The fourth-order valence-corrected chi connectivity index (χ4v) is 7.67. The zero-order chi connectivity index (χ0) is 33.2. The fourth-order valence-electron chi connectivity index (χ4n) is 7.40. The van der Waals surface area contributed by atoms with Gasteiger partial charge in [0.2, 0.25) is 11.8 Å². The molecule has 12 heteroatoms. The largest absolute Gasteiger partial charge is 0.481 e. The van der Waals surface area contributed by atoms with E-state index in [0.717, 1.165) is 64.9 Å². The molecule has 47 heavy (non-hydrogen) atoms. The summed E-state index contributed by atoms with van der Waals surface area (Å²) in [6.45, 7) is 3.70. The highest BCUT2D eigenvalue weighted by Gasteiger charge is 2.51. The SMILES string of the molecule is COc1nc(-c2cccc(-c3cccc(NC(=O)c4cn(C)c(=O)n(C)c4=O)c3Cl)c2C)cc2c1C(N1CC3(CCC(=O)N3)C1)CC2. The molecule has 2 aliphatic heterocycles. The zero-order valence-electron chi connectivity index (χ0n) is 26.6. The van der Waals surface area contributed by atoms with E-state index in [0.29, 0.717) is 28.6 Å². The molecule has 4 heterocycles. The van der Waals surface area contributed by atoms with E-state index in [2.05, 4.69) is 21.6 Å². The van der Waals surface area contributed by atoms with Gasteiger partial charge < -0.3 is 19.9 Å². The van der Waals surface area contributed by atoms with Crippen LogP contribution in [0, 0.1) is 6.92 Å². The normalized spacial score (nSPS) is 18.1. The Balaban J connectivity index is 1.18. The third kappa shape index (κ3) is 5.14. The third-order valence-electron chi connectivity index (χ3n) is 9.85. The molecule has 2 saturated heterocycles. The highest BCUT2D eigenvalue weighted by atomic mass is 35.5. The number of nitrogens with one attached hydrogen (secondary N) is 2. The van der Waals surface area contributed by atoms with Crippen LogP contribution in [0.4, 0.5) is 5.69 Å². The lowest BCUT2D eigenvalue weighted by Gasteiger charge is -2.50. The van der Waals surface area contributed by atoms with Crippen molar-refractivity contribution in [3.05, 3.63) is 96.8 Å². The number of carbonyl (C=O) groups is 2. The van der Waals surface area contributed by atoms with Crippen LogP contribution in [0.2, 0.25) is 5.02 Å². The minimum atomic E-state index is -0.693. The van der Waals surface area contributed by atoms with Gasteiger partial charge in [-0.3, -0.25) is 23.9 Å². The average molecular weight is 655 g/mol. The van der Waals surface area contributed by atoms with Crippen LogP contribution >= 0.6 is 11.6 Å². The predicted molar refractivity (Wildman–Crippen MR) is 179 cm³/mol. The minimum Gasteiger partial charge on any atom is -0.481 e. The molecule has 4 aromatic rings. The number of pyridine rings is 1. The van der Waals surface area contributed by atoms with E-state index >= 15 is 0 Å². The molecule has 2 aromatic carbocycles. The minimum absolute atomic E-state index is 0.0855. The number of carbonyl (C=O) groups excluding carboxylic acids is 2. The zero-order valence-corrected chi connectivity index (χ0v) is 27.4. The molecule has 11 nitrogen and oxygen atoms in total. The molecule has 3 aliphatic rings. The van der Waals surface area contributed by atoms with Crippen LogP contribution < -0.4 is 26.6 Å². The third-order valence-corrected chi connectivity index (χ3v) is 10.3. The number of hydrogen-bond donors (Lipinski definition) is 2. The number of amides is 2. The summed E-state index contributed by atoms with van der Waals surface area (Å²) in [7, 11) is 4.46.